The minimum absolute atomic E-state index is 0.00214. The van der Waals surface area contributed by atoms with E-state index in [4.69, 9.17) is 4.74 Å². The molecule has 10 nitrogen and oxygen atoms in total. The monoisotopic (exact) mass is 996 g/mol. The molecule has 1 rings (SSSR count). The number of carbonyl (C=O) groups excluding carboxylic acids is 5. The smallest absolute Gasteiger partial charge is 0.378 e. The zero-order valence-corrected chi connectivity index (χ0v) is 38.3. The highest BCUT2D eigenvalue weighted by atomic mass is 19.3. The van der Waals surface area contributed by atoms with Crippen molar-refractivity contribution in [2.45, 2.75) is 118 Å². The van der Waals surface area contributed by atoms with Crippen LogP contribution in [0.15, 0.2) is 60.8 Å². The van der Waals surface area contributed by atoms with Gasteiger partial charge in [-0.2, -0.15) is 35.1 Å². The van der Waals surface area contributed by atoms with Crippen molar-refractivity contribution < 1.29 is 109 Å². The van der Waals surface area contributed by atoms with Gasteiger partial charge in [-0.1, -0.05) is 39.8 Å². The Bertz CT molecular complexity index is 1880. The summed E-state index contributed by atoms with van der Waals surface area (Å²) in [5.41, 5.74) is -0.950. The molecular weight excluding hydrogens is 942 g/mol. The van der Waals surface area contributed by atoms with Gasteiger partial charge in [0.05, 0.1) is 18.8 Å². The summed E-state index contributed by atoms with van der Waals surface area (Å²) in [4.78, 5) is 53.4. The minimum atomic E-state index is -6.01. The van der Waals surface area contributed by atoms with Crippen LogP contribution in [0.3, 0.4) is 0 Å². The van der Waals surface area contributed by atoms with E-state index in [2.05, 4.69) is 51.8 Å². The summed E-state index contributed by atoms with van der Waals surface area (Å²) in [6, 6.07) is 0. The molecule has 1 aromatic rings. The number of hydrogen-bond acceptors (Lipinski definition) is 10. The molecule has 0 aliphatic rings. The van der Waals surface area contributed by atoms with Crippen LogP contribution in [0.4, 0.5) is 61.5 Å². The van der Waals surface area contributed by atoms with Gasteiger partial charge in [0.1, 0.15) is 12.4 Å². The first-order valence-corrected chi connectivity index (χ1v) is 18.9. The summed E-state index contributed by atoms with van der Waals surface area (Å²) >= 11 is 0. The van der Waals surface area contributed by atoms with Crippen molar-refractivity contribution in [2.24, 2.45) is 0 Å². The molecule has 384 valence electrons. The van der Waals surface area contributed by atoms with Gasteiger partial charge in [-0.3, -0.25) is 0 Å². The molecule has 2 unspecified atom stereocenters. The maximum atomic E-state index is 13.5. The molecule has 0 aromatic heterocycles. The Kier molecular flexibility index (Phi) is 31.0. The number of halogens is 14. The molecule has 0 amide bonds. The van der Waals surface area contributed by atoms with Gasteiger partial charge in [0.15, 0.2) is 43.0 Å². The van der Waals surface area contributed by atoms with Crippen LogP contribution in [0.25, 0.3) is 0 Å². The van der Waals surface area contributed by atoms with E-state index in [9.17, 15) is 85.4 Å². The van der Waals surface area contributed by atoms with Gasteiger partial charge in [0.2, 0.25) is 0 Å². The van der Waals surface area contributed by atoms with Gasteiger partial charge >= 0.3 is 53.5 Å². The Morgan fingerprint density at radius 1 is 0.522 bits per heavy atom. The van der Waals surface area contributed by atoms with Crippen LogP contribution >= 0.6 is 0 Å². The number of benzene rings is 1. The van der Waals surface area contributed by atoms with Crippen LogP contribution in [-0.4, -0.2) is 92.3 Å². The van der Waals surface area contributed by atoms with E-state index in [0.29, 0.717) is 31.3 Å². The number of carbonyl (C=O) groups is 5. The highest BCUT2D eigenvalue weighted by Crippen LogP contribution is 2.48. The predicted molar refractivity (Wildman–Crippen MR) is 216 cm³/mol. The first-order valence-electron chi connectivity index (χ1n) is 18.9. The quantitative estimate of drug-likeness (QED) is 0.0350. The topological polar surface area (TPSA) is 132 Å². The first kappa shape index (κ1) is 67.9. The van der Waals surface area contributed by atoms with Gasteiger partial charge in [-0.25, -0.2) is 50.3 Å². The van der Waals surface area contributed by atoms with Crippen LogP contribution in [-0.2, 0) is 54.3 Å². The first-order chi connectivity index (χ1) is 30.2. The van der Waals surface area contributed by atoms with Gasteiger partial charge in [0, 0.05) is 33.4 Å². The molecular formula is C43H54F14O10. The molecule has 0 aliphatic carbocycles. The average molecular weight is 997 g/mol. The number of ether oxygens (including phenoxy) is 5. The lowest BCUT2D eigenvalue weighted by Gasteiger charge is -2.33. The van der Waals surface area contributed by atoms with E-state index in [0.717, 1.165) is 20.3 Å². The summed E-state index contributed by atoms with van der Waals surface area (Å²) < 4.78 is 201. The molecule has 24 heteroatoms. The highest BCUT2D eigenvalue weighted by Gasteiger charge is 2.74. The second kappa shape index (κ2) is 30.6. The third-order valence-corrected chi connectivity index (χ3v) is 7.12. The standard InChI is InChI=1S/C12H10F4O2.C10H11F7O2.C8H11F3O2.C7H12O2.C6H10O2/c1-5(2)12(17)18-4-7-8(13)6(3)9(14)11(16)10(7)15;1-5(2)7(18)19-4-8(12,13)10(16,17)9(14,15)6(3)11;1-5(2)7(12)13-4-8(10,11)6(3)9;1-4-5-9-7(8)6(2)3;1-4-8-6(7)5(2)3/h1,4H2,2-3H3;6H,1,4H2,2-3H3;6H,1,4H2,2-3H3;2,4-5H2,1,3H3;2,4H2,1,3H3. The number of hydrogen-bond donors (Lipinski definition) is 0. The van der Waals surface area contributed by atoms with E-state index < -0.39 is 108 Å². The number of rotatable bonds is 18. The second-order valence-electron chi connectivity index (χ2n) is 13.7. The Hall–Kier alpha value is -5.71. The van der Waals surface area contributed by atoms with Crippen molar-refractivity contribution >= 4 is 29.8 Å². The highest BCUT2D eigenvalue weighted by molar-refractivity contribution is 5.88. The lowest BCUT2D eigenvalue weighted by molar-refractivity contribution is -0.330. The van der Waals surface area contributed by atoms with E-state index in [1.54, 1.807) is 20.8 Å². The predicted octanol–water partition coefficient (Wildman–Crippen LogP) is 11.3. The lowest BCUT2D eigenvalue weighted by Crippen LogP contribution is -2.59. The molecule has 0 bridgehead atoms. The van der Waals surface area contributed by atoms with Crippen LogP contribution in [0.1, 0.15) is 79.9 Å². The van der Waals surface area contributed by atoms with E-state index >= 15 is 0 Å². The summed E-state index contributed by atoms with van der Waals surface area (Å²) in [6.07, 6.45) is -4.99. The van der Waals surface area contributed by atoms with Crippen molar-refractivity contribution in [3.8, 4) is 0 Å². The third-order valence-electron chi connectivity index (χ3n) is 7.12. The molecule has 2 atom stereocenters. The Morgan fingerprint density at radius 3 is 1.21 bits per heavy atom. The Morgan fingerprint density at radius 2 is 0.881 bits per heavy atom. The largest absolute Gasteiger partial charge is 0.463 e. The van der Waals surface area contributed by atoms with Gasteiger partial charge < -0.3 is 23.7 Å². The van der Waals surface area contributed by atoms with Gasteiger partial charge in [-0.15, -0.1) is 0 Å². The van der Waals surface area contributed by atoms with Crippen molar-refractivity contribution in [1.29, 1.82) is 0 Å². The van der Waals surface area contributed by atoms with Crippen molar-refractivity contribution in [3.63, 3.8) is 0 Å². The fourth-order valence-corrected chi connectivity index (χ4v) is 3.04. The molecule has 0 aliphatic heterocycles. The lowest BCUT2D eigenvalue weighted by atomic mass is 10.0. The van der Waals surface area contributed by atoms with Crippen LogP contribution in [0.2, 0.25) is 0 Å². The molecule has 0 heterocycles. The molecule has 1 aromatic carbocycles. The van der Waals surface area contributed by atoms with Crippen molar-refractivity contribution in [3.05, 3.63) is 95.2 Å². The number of esters is 5. The zero-order chi connectivity index (χ0) is 54.2. The average Bonchev–Trinajstić information content (AvgIpc) is 3.22. The van der Waals surface area contributed by atoms with Crippen LogP contribution in [0, 0.1) is 30.2 Å². The minimum Gasteiger partial charge on any atom is -0.463 e. The normalized spacial score (nSPS) is 11.8. The maximum absolute atomic E-state index is 13.5. The maximum Gasteiger partial charge on any atom is 0.378 e. The van der Waals surface area contributed by atoms with Gasteiger partial charge in [0.25, 0.3) is 0 Å². The molecule has 0 radical (unpaired) electrons. The second-order valence-corrected chi connectivity index (χ2v) is 13.7. The van der Waals surface area contributed by atoms with Gasteiger partial charge in [-0.05, 0) is 68.7 Å². The molecule has 0 saturated heterocycles. The van der Waals surface area contributed by atoms with Crippen LogP contribution in [0.5, 0.6) is 0 Å². The molecule has 0 saturated carbocycles. The Labute approximate surface area is 378 Å². The van der Waals surface area contributed by atoms with Crippen molar-refractivity contribution in [1.82, 2.24) is 0 Å². The Balaban J connectivity index is -0.000000385. The number of alkyl halides is 10. The fraction of sp³-hybridized carbons (Fsp3) is 0.512. The van der Waals surface area contributed by atoms with E-state index in [-0.39, 0.29) is 35.6 Å². The van der Waals surface area contributed by atoms with Crippen LogP contribution < -0.4 is 0 Å². The summed E-state index contributed by atoms with van der Waals surface area (Å²) in [5.74, 6) is -30.9. The van der Waals surface area contributed by atoms with E-state index in [1.165, 1.54) is 13.8 Å². The SMILES string of the molecule is C=C(C)C(=O)OCC.C=C(C)C(=O)OCC(F)(F)C(C)F.C=C(C)C(=O)OCC(F)(F)C(F)(F)C(F)(F)C(C)F.C=C(C)C(=O)OCCC.C=C(C)C(=O)OCc1c(F)c(C)c(F)c(F)c1F. The molecule has 0 N–H and O–H groups in total. The van der Waals surface area contributed by atoms with E-state index in [1.807, 2.05) is 6.92 Å². The fourth-order valence-electron chi connectivity index (χ4n) is 3.04. The molecule has 0 spiro atoms. The zero-order valence-electron chi connectivity index (χ0n) is 38.3. The third kappa shape index (κ3) is 24.1. The summed E-state index contributed by atoms with van der Waals surface area (Å²) in [7, 11) is 0. The summed E-state index contributed by atoms with van der Waals surface area (Å²) in [5, 5.41) is 0. The molecule has 0 fully saturated rings. The summed E-state index contributed by atoms with van der Waals surface area (Å²) in [6.45, 7) is 25.1. The van der Waals surface area contributed by atoms with Crippen molar-refractivity contribution in [2.75, 3.05) is 26.4 Å². The molecule has 67 heavy (non-hydrogen) atoms.